The highest BCUT2D eigenvalue weighted by Gasteiger charge is 2.30. The van der Waals surface area contributed by atoms with E-state index < -0.39 is 24.0 Å². The van der Waals surface area contributed by atoms with Gasteiger partial charge in [0, 0.05) is 23.9 Å². The third-order valence-corrected chi connectivity index (χ3v) is 5.64. The van der Waals surface area contributed by atoms with Crippen LogP contribution in [-0.4, -0.2) is 50.5 Å². The van der Waals surface area contributed by atoms with E-state index in [4.69, 9.17) is 9.84 Å². The van der Waals surface area contributed by atoms with Crippen LogP contribution in [-0.2, 0) is 14.3 Å². The molecule has 3 aromatic rings. The molecule has 1 aliphatic carbocycles. The lowest BCUT2D eigenvalue weighted by Crippen LogP contribution is -2.44. The maximum atomic E-state index is 12.5. The molecule has 0 spiro atoms. The molecule has 10 nitrogen and oxygen atoms in total. The molecule has 0 bridgehead atoms. The molecule has 164 valence electrons. The van der Waals surface area contributed by atoms with Gasteiger partial charge in [-0.2, -0.15) is 0 Å². The molecule has 1 aromatic heterocycles. The van der Waals surface area contributed by atoms with E-state index >= 15 is 0 Å². The summed E-state index contributed by atoms with van der Waals surface area (Å²) in [5, 5.41) is 21.0. The number of ether oxygens (including phenoxy) is 1. The number of carbonyl (C=O) groups is 3. The number of nitrogens with zero attached hydrogens (tertiary/aromatic N) is 3. The number of benzene rings is 2. The minimum Gasteiger partial charge on any atom is -0.481 e. The lowest BCUT2D eigenvalue weighted by atomic mass is 9.98. The Bertz CT molecular complexity index is 1090. The molecule has 1 atom stereocenters. The van der Waals surface area contributed by atoms with Crippen LogP contribution >= 0.6 is 11.5 Å². The Kier molecular flexibility index (Phi) is 6.36. The van der Waals surface area contributed by atoms with Crippen molar-refractivity contribution in [2.45, 2.75) is 24.8 Å². The Morgan fingerprint density at radius 1 is 1.06 bits per heavy atom. The summed E-state index contributed by atoms with van der Waals surface area (Å²) in [4.78, 5) is 35.9. The Morgan fingerprint density at radius 3 is 2.31 bits per heavy atom. The number of carboxylic acids is 1. The summed E-state index contributed by atoms with van der Waals surface area (Å²) in [6.45, 7) is 0.0768. The minimum absolute atomic E-state index is 0.0768. The lowest BCUT2D eigenvalue weighted by Gasteiger charge is -2.18. The largest absolute Gasteiger partial charge is 0.481 e. The number of rotatable bonds is 8. The molecule has 0 saturated heterocycles. The number of amides is 2. The highest BCUT2D eigenvalue weighted by atomic mass is 32.1. The number of aromatic nitrogens is 3. The second-order valence-electron chi connectivity index (χ2n) is 7.11. The van der Waals surface area contributed by atoms with Gasteiger partial charge < -0.3 is 15.2 Å². The molecule has 0 fully saturated rings. The fourth-order valence-corrected chi connectivity index (χ4v) is 4.06. The highest BCUT2D eigenvalue weighted by Crippen LogP contribution is 2.44. The Hall–Kier alpha value is -3.86. The van der Waals surface area contributed by atoms with Crippen LogP contribution in [0.15, 0.2) is 48.5 Å². The molecular weight excluding hydrogens is 434 g/mol. The minimum atomic E-state index is -1.12. The zero-order chi connectivity index (χ0) is 22.5. The van der Waals surface area contributed by atoms with E-state index in [0.29, 0.717) is 0 Å². The number of carbonyl (C=O) groups excluding carboxylic acids is 2. The van der Waals surface area contributed by atoms with Crippen molar-refractivity contribution in [2.75, 3.05) is 11.9 Å². The summed E-state index contributed by atoms with van der Waals surface area (Å²) < 4.78 is 8.99. The van der Waals surface area contributed by atoms with Crippen molar-refractivity contribution >= 4 is 34.6 Å². The smallest absolute Gasteiger partial charge is 0.407 e. The fourth-order valence-electron chi connectivity index (χ4n) is 3.69. The quantitative estimate of drug-likeness (QED) is 0.472. The van der Waals surface area contributed by atoms with Gasteiger partial charge >= 0.3 is 12.1 Å². The van der Waals surface area contributed by atoms with Gasteiger partial charge in [0.05, 0.1) is 0 Å². The van der Waals surface area contributed by atoms with Crippen molar-refractivity contribution in [1.29, 1.82) is 0 Å². The number of hydrogen-bond acceptors (Lipinski definition) is 8. The number of aliphatic carboxylic acids is 1. The first-order valence-corrected chi connectivity index (χ1v) is 10.6. The van der Waals surface area contributed by atoms with Gasteiger partial charge in [-0.25, -0.2) is 4.79 Å². The van der Waals surface area contributed by atoms with Crippen molar-refractivity contribution in [3.63, 3.8) is 0 Å². The number of alkyl carbamates (subject to hydrolysis) is 1. The maximum Gasteiger partial charge on any atom is 0.407 e. The predicted molar refractivity (Wildman–Crippen MR) is 115 cm³/mol. The SMILES string of the molecule is O=C(O)CCC(NC(=O)OCC1c2ccccc2-c2ccccc21)C(=O)Nc1nnns1. The summed E-state index contributed by atoms with van der Waals surface area (Å²) in [7, 11) is 0. The molecule has 1 aliphatic rings. The molecule has 3 N–H and O–H groups in total. The Labute approximate surface area is 186 Å². The van der Waals surface area contributed by atoms with E-state index in [1.54, 1.807) is 0 Å². The van der Waals surface area contributed by atoms with E-state index in [1.165, 1.54) is 0 Å². The standard InChI is InChI=1S/C21H19N5O5S/c27-18(28)10-9-17(19(29)23-20-24-25-26-32-20)22-21(30)31-11-16-14-7-3-1-5-12(14)13-6-2-4-8-15(13)16/h1-8,16-17H,9-11H2,(H,22,30)(H,27,28)(H,23,24,26,29). The van der Waals surface area contributed by atoms with Crippen LogP contribution < -0.4 is 10.6 Å². The fraction of sp³-hybridized carbons (Fsp3) is 0.238. The highest BCUT2D eigenvalue weighted by molar-refractivity contribution is 7.09. The first kappa shape index (κ1) is 21.4. The van der Waals surface area contributed by atoms with Crippen molar-refractivity contribution < 1.29 is 24.2 Å². The zero-order valence-electron chi connectivity index (χ0n) is 16.7. The van der Waals surface area contributed by atoms with Gasteiger partial charge in [-0.05, 0) is 33.9 Å². The third kappa shape index (κ3) is 4.72. The molecule has 11 heteroatoms. The Morgan fingerprint density at radius 2 is 1.72 bits per heavy atom. The van der Waals surface area contributed by atoms with E-state index in [-0.39, 0.29) is 30.5 Å². The van der Waals surface area contributed by atoms with Crippen molar-refractivity contribution in [3.8, 4) is 11.1 Å². The van der Waals surface area contributed by atoms with Crippen LogP contribution in [0.1, 0.15) is 29.9 Å². The summed E-state index contributed by atoms with van der Waals surface area (Å²) in [6, 6.07) is 14.7. The van der Waals surface area contributed by atoms with E-state index in [1.807, 2.05) is 48.5 Å². The zero-order valence-corrected chi connectivity index (χ0v) is 17.5. The summed E-state index contributed by atoms with van der Waals surface area (Å²) in [6.07, 6.45) is -1.24. The summed E-state index contributed by atoms with van der Waals surface area (Å²) in [5.41, 5.74) is 4.32. The summed E-state index contributed by atoms with van der Waals surface area (Å²) in [5.74, 6) is -1.85. The van der Waals surface area contributed by atoms with Crippen LogP contribution in [0.3, 0.4) is 0 Å². The summed E-state index contributed by atoms with van der Waals surface area (Å²) >= 11 is 0.862. The molecular formula is C21H19N5O5S. The second-order valence-corrected chi connectivity index (χ2v) is 7.84. The first-order valence-electron chi connectivity index (χ1n) is 9.82. The van der Waals surface area contributed by atoms with Crippen LogP contribution in [0.5, 0.6) is 0 Å². The lowest BCUT2D eigenvalue weighted by molar-refractivity contribution is -0.137. The van der Waals surface area contributed by atoms with Gasteiger partial charge in [0.15, 0.2) is 0 Å². The molecule has 2 amide bonds. The van der Waals surface area contributed by atoms with Crippen LogP contribution in [0, 0.1) is 0 Å². The van der Waals surface area contributed by atoms with Gasteiger partial charge in [-0.3, -0.25) is 14.9 Å². The van der Waals surface area contributed by atoms with Crippen LogP contribution in [0.4, 0.5) is 9.93 Å². The van der Waals surface area contributed by atoms with Gasteiger partial charge in [0.2, 0.25) is 11.0 Å². The predicted octanol–water partition coefficient (Wildman–Crippen LogP) is 2.64. The average Bonchev–Trinajstić information content (AvgIpc) is 3.41. The normalized spacial score (nSPS) is 13.0. The maximum absolute atomic E-state index is 12.5. The molecule has 4 rings (SSSR count). The van der Waals surface area contributed by atoms with Crippen molar-refractivity contribution in [1.82, 2.24) is 20.1 Å². The number of hydrogen-bond donors (Lipinski definition) is 3. The second kappa shape index (κ2) is 9.52. The number of anilines is 1. The molecule has 0 saturated carbocycles. The first-order chi connectivity index (χ1) is 15.5. The molecule has 32 heavy (non-hydrogen) atoms. The van der Waals surface area contributed by atoms with Gasteiger partial charge in [0.25, 0.3) is 0 Å². The molecule has 1 unspecified atom stereocenters. The topological polar surface area (TPSA) is 143 Å². The van der Waals surface area contributed by atoms with Crippen molar-refractivity contribution in [3.05, 3.63) is 59.7 Å². The number of fused-ring (bicyclic) bond motifs is 3. The van der Waals surface area contributed by atoms with E-state index in [2.05, 4.69) is 25.4 Å². The molecule has 1 heterocycles. The van der Waals surface area contributed by atoms with E-state index in [0.717, 1.165) is 33.8 Å². The van der Waals surface area contributed by atoms with Gasteiger partial charge in [-0.1, -0.05) is 58.1 Å². The molecule has 0 aliphatic heterocycles. The molecule has 2 aromatic carbocycles. The van der Waals surface area contributed by atoms with Crippen LogP contribution in [0.25, 0.3) is 11.1 Å². The van der Waals surface area contributed by atoms with Crippen LogP contribution in [0.2, 0.25) is 0 Å². The van der Waals surface area contributed by atoms with Crippen molar-refractivity contribution in [2.24, 2.45) is 0 Å². The molecule has 0 radical (unpaired) electrons. The number of nitrogens with one attached hydrogen (secondary N) is 2. The van der Waals surface area contributed by atoms with Gasteiger partial charge in [-0.15, -0.1) is 0 Å². The van der Waals surface area contributed by atoms with Gasteiger partial charge in [0.1, 0.15) is 12.6 Å². The average molecular weight is 453 g/mol. The third-order valence-electron chi connectivity index (χ3n) is 5.13. The van der Waals surface area contributed by atoms with E-state index in [9.17, 15) is 14.4 Å². The monoisotopic (exact) mass is 453 g/mol. The number of carboxylic acid groups (broad SMARTS) is 1. The Balaban J connectivity index is 1.42.